The number of carbonyl (C=O) groups excluding carboxylic acids is 1. The molecule has 5 heteroatoms. The Kier molecular flexibility index (Phi) is 5.12. The molecule has 3 nitrogen and oxygen atoms in total. The standard InChI is InChI=1S/C20H21BrClNO2/c1-20(2,3)25-19(24)23-17-11-9-14(21)12-13(17)8-10-18(23)15-6-4-5-7-16(15)22/h4-7,9,11-12,18H,8,10H2,1-3H3. The number of aryl methyl sites for hydroxylation is 1. The van der Waals surface area contributed by atoms with Gasteiger partial charge in [-0.15, -0.1) is 0 Å². The van der Waals surface area contributed by atoms with Gasteiger partial charge in [-0.3, -0.25) is 4.90 Å². The van der Waals surface area contributed by atoms with E-state index in [9.17, 15) is 4.79 Å². The Bertz CT molecular complexity index is 801. The molecule has 1 aliphatic heterocycles. The van der Waals surface area contributed by atoms with Crippen molar-refractivity contribution in [2.24, 2.45) is 0 Å². The topological polar surface area (TPSA) is 29.5 Å². The van der Waals surface area contributed by atoms with E-state index in [1.807, 2.05) is 57.2 Å². The molecule has 1 amide bonds. The fraction of sp³-hybridized carbons (Fsp3) is 0.350. The first-order valence-corrected chi connectivity index (χ1v) is 9.48. The predicted octanol–water partition coefficient (Wildman–Crippen LogP) is 6.53. The highest BCUT2D eigenvalue weighted by Crippen LogP contribution is 2.42. The average Bonchev–Trinajstić information content (AvgIpc) is 2.52. The van der Waals surface area contributed by atoms with Crippen molar-refractivity contribution < 1.29 is 9.53 Å². The first-order chi connectivity index (χ1) is 11.8. The van der Waals surface area contributed by atoms with Gasteiger partial charge in [0.05, 0.1) is 11.7 Å². The third-order valence-corrected chi connectivity index (χ3v) is 4.99. The van der Waals surface area contributed by atoms with Gasteiger partial charge in [-0.25, -0.2) is 4.79 Å². The largest absolute Gasteiger partial charge is 0.443 e. The number of hydrogen-bond acceptors (Lipinski definition) is 2. The van der Waals surface area contributed by atoms with Crippen molar-refractivity contribution in [2.45, 2.75) is 45.3 Å². The number of fused-ring (bicyclic) bond motifs is 1. The normalized spacial score (nSPS) is 17.2. The van der Waals surface area contributed by atoms with Gasteiger partial charge in [-0.05, 0) is 69.0 Å². The maximum atomic E-state index is 13.0. The molecule has 1 aliphatic rings. The molecule has 1 unspecified atom stereocenters. The van der Waals surface area contributed by atoms with E-state index in [-0.39, 0.29) is 12.1 Å². The van der Waals surface area contributed by atoms with Crippen molar-refractivity contribution in [3.05, 3.63) is 63.1 Å². The summed E-state index contributed by atoms with van der Waals surface area (Å²) in [5.41, 5.74) is 2.40. The predicted molar refractivity (Wildman–Crippen MR) is 105 cm³/mol. The Hall–Kier alpha value is -1.52. The van der Waals surface area contributed by atoms with Gasteiger partial charge in [0.2, 0.25) is 0 Å². The first-order valence-electron chi connectivity index (χ1n) is 8.31. The monoisotopic (exact) mass is 421 g/mol. The third-order valence-electron chi connectivity index (χ3n) is 4.15. The highest BCUT2D eigenvalue weighted by atomic mass is 79.9. The summed E-state index contributed by atoms with van der Waals surface area (Å²) in [5, 5.41) is 0.668. The van der Waals surface area contributed by atoms with Crippen LogP contribution in [-0.4, -0.2) is 11.7 Å². The lowest BCUT2D eigenvalue weighted by molar-refractivity contribution is 0.0560. The number of hydrogen-bond donors (Lipinski definition) is 0. The average molecular weight is 423 g/mol. The summed E-state index contributed by atoms with van der Waals surface area (Å²) in [4.78, 5) is 14.8. The number of rotatable bonds is 1. The summed E-state index contributed by atoms with van der Waals surface area (Å²) in [6.45, 7) is 5.63. The Morgan fingerprint density at radius 3 is 2.64 bits per heavy atom. The minimum Gasteiger partial charge on any atom is -0.443 e. The zero-order valence-corrected chi connectivity index (χ0v) is 16.9. The van der Waals surface area contributed by atoms with Gasteiger partial charge >= 0.3 is 6.09 Å². The lowest BCUT2D eigenvalue weighted by Gasteiger charge is -2.38. The van der Waals surface area contributed by atoms with Crippen molar-refractivity contribution in [2.75, 3.05) is 4.90 Å². The van der Waals surface area contributed by atoms with Crippen LogP contribution in [0.5, 0.6) is 0 Å². The molecule has 0 fully saturated rings. The van der Waals surface area contributed by atoms with Gasteiger partial charge in [-0.2, -0.15) is 0 Å². The Labute approximate surface area is 162 Å². The number of halogens is 2. The van der Waals surface area contributed by atoms with E-state index in [1.54, 1.807) is 4.90 Å². The van der Waals surface area contributed by atoms with E-state index in [2.05, 4.69) is 22.0 Å². The summed E-state index contributed by atoms with van der Waals surface area (Å²) < 4.78 is 6.69. The summed E-state index contributed by atoms with van der Waals surface area (Å²) in [7, 11) is 0. The van der Waals surface area contributed by atoms with E-state index < -0.39 is 5.60 Å². The van der Waals surface area contributed by atoms with Crippen molar-refractivity contribution in [1.82, 2.24) is 0 Å². The van der Waals surface area contributed by atoms with Crippen LogP contribution in [0.1, 0.15) is 44.4 Å². The lowest BCUT2D eigenvalue weighted by Crippen LogP contribution is -2.42. The number of anilines is 1. The number of nitrogens with zero attached hydrogens (tertiary/aromatic N) is 1. The van der Waals surface area contributed by atoms with Crippen molar-refractivity contribution >= 4 is 39.3 Å². The molecule has 3 rings (SSSR count). The molecule has 1 heterocycles. The van der Waals surface area contributed by atoms with E-state index in [0.717, 1.165) is 34.1 Å². The lowest BCUT2D eigenvalue weighted by atomic mass is 9.91. The molecule has 132 valence electrons. The molecular weight excluding hydrogens is 402 g/mol. The van der Waals surface area contributed by atoms with Gasteiger partial charge in [-0.1, -0.05) is 45.7 Å². The molecule has 0 N–H and O–H groups in total. The smallest absolute Gasteiger partial charge is 0.415 e. The zero-order valence-electron chi connectivity index (χ0n) is 14.6. The zero-order chi connectivity index (χ0) is 18.2. The Morgan fingerprint density at radius 2 is 1.96 bits per heavy atom. The minimum atomic E-state index is -0.560. The molecule has 2 aromatic rings. The molecule has 1 atom stereocenters. The molecule has 0 spiro atoms. The van der Waals surface area contributed by atoms with E-state index >= 15 is 0 Å². The van der Waals surface area contributed by atoms with E-state index in [0.29, 0.717) is 5.02 Å². The van der Waals surface area contributed by atoms with Gasteiger partial charge in [0.15, 0.2) is 0 Å². The van der Waals surface area contributed by atoms with Gasteiger partial charge in [0, 0.05) is 9.50 Å². The third kappa shape index (κ3) is 4.01. The Balaban J connectivity index is 2.07. The fourth-order valence-corrected chi connectivity index (χ4v) is 3.83. The molecule has 2 aromatic carbocycles. The van der Waals surface area contributed by atoms with Crippen LogP contribution in [-0.2, 0) is 11.2 Å². The summed E-state index contributed by atoms with van der Waals surface area (Å²) in [6.07, 6.45) is 1.33. The summed E-state index contributed by atoms with van der Waals surface area (Å²) in [6, 6.07) is 13.5. The van der Waals surface area contributed by atoms with Crippen LogP contribution in [0.3, 0.4) is 0 Å². The number of amides is 1. The maximum absolute atomic E-state index is 13.0. The van der Waals surface area contributed by atoms with Gasteiger partial charge in [0.25, 0.3) is 0 Å². The van der Waals surface area contributed by atoms with Crippen LogP contribution in [0, 0.1) is 0 Å². The highest BCUT2D eigenvalue weighted by molar-refractivity contribution is 9.10. The van der Waals surface area contributed by atoms with Crippen molar-refractivity contribution in [3.63, 3.8) is 0 Å². The minimum absolute atomic E-state index is 0.141. The van der Waals surface area contributed by atoms with E-state index in [4.69, 9.17) is 16.3 Å². The number of ether oxygens (including phenoxy) is 1. The molecular formula is C20H21BrClNO2. The van der Waals surface area contributed by atoms with Gasteiger partial charge < -0.3 is 4.74 Å². The molecule has 0 aromatic heterocycles. The second-order valence-electron chi connectivity index (χ2n) is 7.20. The van der Waals surface area contributed by atoms with Crippen molar-refractivity contribution in [1.29, 1.82) is 0 Å². The summed E-state index contributed by atoms with van der Waals surface area (Å²) >= 11 is 9.94. The first kappa shape index (κ1) is 18.3. The number of benzene rings is 2. The van der Waals surface area contributed by atoms with Crippen LogP contribution in [0.15, 0.2) is 46.9 Å². The molecule has 0 bridgehead atoms. The quantitative estimate of drug-likeness (QED) is 0.523. The van der Waals surface area contributed by atoms with Gasteiger partial charge in [0.1, 0.15) is 5.60 Å². The maximum Gasteiger partial charge on any atom is 0.415 e. The molecule has 25 heavy (non-hydrogen) atoms. The van der Waals surface area contributed by atoms with Crippen LogP contribution in [0.2, 0.25) is 5.02 Å². The fourth-order valence-electron chi connectivity index (χ4n) is 3.16. The summed E-state index contributed by atoms with van der Waals surface area (Å²) in [5.74, 6) is 0. The second kappa shape index (κ2) is 7.00. The molecule has 0 saturated heterocycles. The van der Waals surface area contributed by atoms with E-state index in [1.165, 1.54) is 0 Å². The highest BCUT2D eigenvalue weighted by Gasteiger charge is 2.35. The molecule has 0 saturated carbocycles. The molecule has 0 radical (unpaired) electrons. The van der Waals surface area contributed by atoms with Crippen LogP contribution >= 0.6 is 27.5 Å². The Morgan fingerprint density at radius 1 is 1.24 bits per heavy atom. The van der Waals surface area contributed by atoms with Crippen molar-refractivity contribution in [3.8, 4) is 0 Å². The van der Waals surface area contributed by atoms with Crippen LogP contribution in [0.25, 0.3) is 0 Å². The van der Waals surface area contributed by atoms with Crippen LogP contribution in [0.4, 0.5) is 10.5 Å². The number of carbonyl (C=O) groups is 1. The molecule has 0 aliphatic carbocycles. The SMILES string of the molecule is CC(C)(C)OC(=O)N1c2ccc(Br)cc2CCC1c1ccccc1Cl. The second-order valence-corrected chi connectivity index (χ2v) is 8.52. The van der Waals surface area contributed by atoms with Crippen LogP contribution < -0.4 is 4.90 Å².